The highest BCUT2D eigenvalue weighted by atomic mass is 16.3. The Balaban J connectivity index is 2.01. The van der Waals surface area contributed by atoms with Crippen molar-refractivity contribution >= 4 is 23.1 Å². The first-order chi connectivity index (χ1) is 18.6. The van der Waals surface area contributed by atoms with Crippen molar-refractivity contribution in [1.29, 1.82) is 0 Å². The summed E-state index contributed by atoms with van der Waals surface area (Å²) in [6.45, 7) is 12.3. The summed E-state index contributed by atoms with van der Waals surface area (Å²) in [7, 11) is 0. The predicted molar refractivity (Wildman–Crippen MR) is 153 cm³/mol. The Morgan fingerprint density at radius 3 is 2.25 bits per heavy atom. The minimum atomic E-state index is -2.59. The van der Waals surface area contributed by atoms with E-state index in [-0.39, 0.29) is 29.2 Å². The Morgan fingerprint density at radius 2 is 1.70 bits per heavy atom. The Morgan fingerprint density at radius 1 is 1.05 bits per heavy atom. The average Bonchev–Trinajstić information content (AvgIpc) is 2.84. The molecular formula is C33H44O7. The van der Waals surface area contributed by atoms with Crippen LogP contribution < -0.4 is 0 Å². The zero-order valence-electron chi connectivity index (χ0n) is 24.9. The van der Waals surface area contributed by atoms with Crippen LogP contribution >= 0.6 is 0 Å². The minimum absolute atomic E-state index is 0.0771. The molecule has 4 N–H and O–H groups in total. The molecule has 218 valence electrons. The van der Waals surface area contributed by atoms with E-state index in [2.05, 4.69) is 6.92 Å². The standard InChI is InChI=1S/C33H44O7/c1-8-10-11-12-13-20-14-19(9-2)26(35)23-21(20)15-31(6)16-32(7)24(17(3)4)27(36)22(18(5)34)29(38)33(32,40)30(39)25(31)28(23)37/h14,17,24,35,37-38,40H,8-13,15-16H2,1-7H3/t24?,31-,32-,33+/m1/s1. The van der Waals surface area contributed by atoms with Crippen molar-refractivity contribution in [2.75, 3.05) is 0 Å². The number of aliphatic hydroxyl groups is 3. The summed E-state index contributed by atoms with van der Waals surface area (Å²) in [6.07, 6.45) is 5.95. The van der Waals surface area contributed by atoms with Crippen LogP contribution in [-0.2, 0) is 33.6 Å². The normalized spacial score (nSPS) is 30.0. The lowest BCUT2D eigenvalue weighted by atomic mass is 9.43. The largest absolute Gasteiger partial charge is 0.508 e. The summed E-state index contributed by atoms with van der Waals surface area (Å²) in [4.78, 5) is 40.6. The zero-order valence-corrected chi connectivity index (χ0v) is 24.9. The van der Waals surface area contributed by atoms with Gasteiger partial charge in [-0.1, -0.05) is 66.9 Å². The van der Waals surface area contributed by atoms with Crippen molar-refractivity contribution in [2.24, 2.45) is 22.7 Å². The summed E-state index contributed by atoms with van der Waals surface area (Å²) in [6, 6.07) is 2.00. The molecular weight excluding hydrogens is 508 g/mol. The molecule has 0 aliphatic heterocycles. The molecule has 3 aliphatic carbocycles. The molecule has 4 atom stereocenters. The van der Waals surface area contributed by atoms with Gasteiger partial charge in [0.05, 0.1) is 5.56 Å². The highest BCUT2D eigenvalue weighted by molar-refractivity contribution is 6.24. The fraction of sp³-hybridized carbons (Fsp3) is 0.606. The van der Waals surface area contributed by atoms with E-state index in [0.29, 0.717) is 18.4 Å². The lowest BCUT2D eigenvalue weighted by Gasteiger charge is -2.59. The number of benzene rings is 1. The van der Waals surface area contributed by atoms with Crippen molar-refractivity contribution in [1.82, 2.24) is 0 Å². The van der Waals surface area contributed by atoms with E-state index in [1.807, 2.05) is 19.9 Å². The van der Waals surface area contributed by atoms with Gasteiger partial charge in [0.15, 0.2) is 17.2 Å². The number of ketones is 3. The highest BCUT2D eigenvalue weighted by Gasteiger charge is 2.72. The number of aliphatic hydroxyl groups excluding tert-OH is 2. The van der Waals surface area contributed by atoms with Gasteiger partial charge >= 0.3 is 0 Å². The second-order valence-electron chi connectivity index (χ2n) is 13.0. The van der Waals surface area contributed by atoms with Gasteiger partial charge in [-0.2, -0.15) is 0 Å². The van der Waals surface area contributed by atoms with Crippen LogP contribution in [0.25, 0.3) is 5.76 Å². The number of fused-ring (bicyclic) bond motifs is 3. The predicted octanol–water partition coefficient (Wildman–Crippen LogP) is 5.88. The summed E-state index contributed by atoms with van der Waals surface area (Å²) < 4.78 is 0. The molecule has 40 heavy (non-hydrogen) atoms. The number of allylic oxidation sites excluding steroid dienone is 1. The third-order valence-corrected chi connectivity index (χ3v) is 9.86. The molecule has 0 bridgehead atoms. The highest BCUT2D eigenvalue weighted by Crippen LogP contribution is 2.65. The van der Waals surface area contributed by atoms with E-state index in [0.717, 1.165) is 50.2 Å². The van der Waals surface area contributed by atoms with Crippen LogP contribution in [0.5, 0.6) is 5.75 Å². The van der Waals surface area contributed by atoms with E-state index < -0.39 is 56.8 Å². The Kier molecular flexibility index (Phi) is 7.63. The van der Waals surface area contributed by atoms with Crippen LogP contribution in [0.4, 0.5) is 0 Å². The SMILES string of the molecule is CCCCCCc1cc(CC)c(O)c2c1C[C@]1(C)C[C@]3(C)C(C(C)C)C(=O)C(C(C)=O)=C(O)[C@]3(O)C(=O)C1=C2O. The van der Waals surface area contributed by atoms with Crippen LogP contribution in [0.15, 0.2) is 23.0 Å². The van der Waals surface area contributed by atoms with E-state index in [1.165, 1.54) is 0 Å². The first kappa shape index (κ1) is 30.0. The molecule has 1 unspecified atom stereocenters. The average molecular weight is 553 g/mol. The van der Waals surface area contributed by atoms with Gasteiger partial charge in [-0.05, 0) is 61.6 Å². The fourth-order valence-corrected chi connectivity index (χ4v) is 8.16. The number of unbranched alkanes of at least 4 members (excludes halogenated alkanes) is 3. The van der Waals surface area contributed by atoms with Crippen molar-refractivity contribution in [2.45, 2.75) is 105 Å². The van der Waals surface area contributed by atoms with Crippen LogP contribution in [-0.4, -0.2) is 43.4 Å². The maximum Gasteiger partial charge on any atom is 0.203 e. The molecule has 1 saturated carbocycles. The molecule has 0 heterocycles. The van der Waals surface area contributed by atoms with Crippen molar-refractivity contribution < 1.29 is 34.8 Å². The van der Waals surface area contributed by atoms with Gasteiger partial charge in [0.25, 0.3) is 0 Å². The molecule has 0 radical (unpaired) electrons. The zero-order chi connectivity index (χ0) is 29.9. The van der Waals surface area contributed by atoms with Gasteiger partial charge in [0.1, 0.15) is 22.8 Å². The maximum atomic E-state index is 14.4. The number of phenols is 1. The maximum absolute atomic E-state index is 14.4. The summed E-state index contributed by atoms with van der Waals surface area (Å²) >= 11 is 0. The van der Waals surface area contributed by atoms with E-state index in [9.17, 15) is 34.8 Å². The molecule has 7 heteroatoms. The van der Waals surface area contributed by atoms with Crippen LogP contribution in [0.1, 0.15) is 103 Å². The lowest BCUT2D eigenvalue weighted by Crippen LogP contribution is -2.69. The second-order valence-corrected chi connectivity index (χ2v) is 13.0. The number of carbonyl (C=O) groups is 3. The summed E-state index contributed by atoms with van der Waals surface area (Å²) in [5.74, 6) is -4.91. The number of hydrogen-bond acceptors (Lipinski definition) is 7. The van der Waals surface area contributed by atoms with Gasteiger partial charge < -0.3 is 20.4 Å². The van der Waals surface area contributed by atoms with Gasteiger partial charge in [-0.3, -0.25) is 14.4 Å². The Hall–Kier alpha value is -2.93. The van der Waals surface area contributed by atoms with Crippen LogP contribution in [0, 0.1) is 22.7 Å². The van der Waals surface area contributed by atoms with Crippen LogP contribution in [0.3, 0.4) is 0 Å². The monoisotopic (exact) mass is 552 g/mol. The fourth-order valence-electron chi connectivity index (χ4n) is 8.16. The lowest BCUT2D eigenvalue weighted by molar-refractivity contribution is -0.178. The summed E-state index contributed by atoms with van der Waals surface area (Å²) in [5, 5.41) is 46.5. The molecule has 0 spiro atoms. The van der Waals surface area contributed by atoms with Gasteiger partial charge in [0.2, 0.25) is 5.78 Å². The van der Waals surface area contributed by atoms with E-state index in [4.69, 9.17) is 0 Å². The number of carbonyl (C=O) groups excluding carboxylic acids is 3. The number of aryl methyl sites for hydroxylation is 2. The minimum Gasteiger partial charge on any atom is -0.508 e. The molecule has 0 aromatic heterocycles. The van der Waals surface area contributed by atoms with Crippen molar-refractivity contribution in [3.8, 4) is 5.75 Å². The summed E-state index contributed by atoms with van der Waals surface area (Å²) in [5.41, 5.74) is -2.98. The molecule has 3 aliphatic rings. The Bertz CT molecular complexity index is 1350. The van der Waals surface area contributed by atoms with Crippen LogP contribution in [0.2, 0.25) is 0 Å². The van der Waals surface area contributed by atoms with Gasteiger partial charge in [-0.25, -0.2) is 0 Å². The molecule has 1 fully saturated rings. The topological polar surface area (TPSA) is 132 Å². The smallest absolute Gasteiger partial charge is 0.203 e. The second kappa shape index (κ2) is 10.2. The van der Waals surface area contributed by atoms with E-state index in [1.54, 1.807) is 20.8 Å². The number of rotatable bonds is 8. The van der Waals surface area contributed by atoms with E-state index >= 15 is 0 Å². The molecule has 7 nitrogen and oxygen atoms in total. The third-order valence-electron chi connectivity index (χ3n) is 9.86. The first-order valence-corrected chi connectivity index (χ1v) is 14.7. The molecule has 0 amide bonds. The van der Waals surface area contributed by atoms with Gasteiger partial charge in [0, 0.05) is 22.3 Å². The number of aromatic hydroxyl groups is 1. The van der Waals surface area contributed by atoms with Gasteiger partial charge in [-0.15, -0.1) is 0 Å². The van der Waals surface area contributed by atoms with Crippen molar-refractivity contribution in [3.05, 3.63) is 45.2 Å². The molecule has 4 rings (SSSR count). The number of hydrogen-bond donors (Lipinski definition) is 4. The Labute approximate surface area is 237 Å². The number of Topliss-reactive ketones (excluding diaryl/α,β-unsaturated/α-hetero) is 3. The first-order valence-electron chi connectivity index (χ1n) is 14.7. The number of phenolic OH excluding ortho intramolecular Hbond substituents is 1. The molecule has 1 aromatic rings. The molecule has 1 aromatic carbocycles. The quantitative estimate of drug-likeness (QED) is 0.234. The van der Waals surface area contributed by atoms with Crippen molar-refractivity contribution in [3.63, 3.8) is 0 Å². The molecule has 0 saturated heterocycles. The third kappa shape index (κ3) is 3.99.